The summed E-state index contributed by atoms with van der Waals surface area (Å²) < 4.78 is 5.05. The highest BCUT2D eigenvalue weighted by atomic mass is 16.6. The number of methoxy groups -OCH3 is 1. The van der Waals surface area contributed by atoms with E-state index in [4.69, 9.17) is 4.74 Å². The Morgan fingerprint density at radius 3 is 2.76 bits per heavy atom. The molecule has 1 aliphatic rings. The molecule has 0 saturated carbocycles. The fourth-order valence-electron chi connectivity index (χ4n) is 2.76. The summed E-state index contributed by atoms with van der Waals surface area (Å²) in [6.45, 7) is 3.14. The van der Waals surface area contributed by atoms with Crippen molar-refractivity contribution in [2.24, 2.45) is 11.8 Å². The van der Waals surface area contributed by atoms with E-state index in [1.807, 2.05) is 11.8 Å². The first kappa shape index (κ1) is 15.1. The van der Waals surface area contributed by atoms with Gasteiger partial charge in [0, 0.05) is 30.9 Å². The van der Waals surface area contributed by atoms with Gasteiger partial charge in [-0.15, -0.1) is 0 Å². The van der Waals surface area contributed by atoms with E-state index >= 15 is 0 Å². The Labute approximate surface area is 122 Å². The van der Waals surface area contributed by atoms with E-state index < -0.39 is 16.8 Å². The third-order valence-corrected chi connectivity index (χ3v) is 3.73. The largest absolute Gasteiger partial charge is 0.490 e. The molecule has 7 nitrogen and oxygen atoms in total. The monoisotopic (exact) mass is 294 g/mol. The lowest BCUT2D eigenvalue weighted by Gasteiger charge is -2.36. The van der Waals surface area contributed by atoms with Gasteiger partial charge in [-0.25, -0.2) is 0 Å². The molecule has 0 spiro atoms. The molecule has 0 amide bonds. The van der Waals surface area contributed by atoms with Gasteiger partial charge in [0.25, 0.3) is 0 Å². The first-order valence-corrected chi connectivity index (χ1v) is 6.72. The van der Waals surface area contributed by atoms with Gasteiger partial charge in [-0.1, -0.05) is 6.92 Å². The first-order valence-electron chi connectivity index (χ1n) is 6.72. The van der Waals surface area contributed by atoms with Crippen molar-refractivity contribution in [1.29, 1.82) is 0 Å². The Bertz CT molecular complexity index is 560. The summed E-state index contributed by atoms with van der Waals surface area (Å²) in [6.07, 6.45) is 0.649. The second-order valence-electron chi connectivity index (χ2n) is 5.39. The van der Waals surface area contributed by atoms with Gasteiger partial charge in [0.05, 0.1) is 18.0 Å². The van der Waals surface area contributed by atoms with E-state index in [9.17, 15) is 20.0 Å². The molecule has 1 saturated heterocycles. The molecule has 1 aliphatic heterocycles. The van der Waals surface area contributed by atoms with Crippen LogP contribution in [0.15, 0.2) is 18.2 Å². The minimum atomic E-state index is -0.805. The number of carbonyl (C=O) groups is 1. The fraction of sp³-hybridized carbons (Fsp3) is 0.500. The summed E-state index contributed by atoms with van der Waals surface area (Å²) in [5, 5.41) is 20.1. The maximum absolute atomic E-state index is 11.2. The fourth-order valence-corrected chi connectivity index (χ4v) is 2.76. The molecule has 0 aromatic heterocycles. The van der Waals surface area contributed by atoms with Crippen LogP contribution >= 0.6 is 0 Å². The maximum Gasteiger partial charge on any atom is 0.311 e. The van der Waals surface area contributed by atoms with E-state index in [2.05, 4.69) is 0 Å². The Hall–Kier alpha value is -2.31. The molecule has 7 heteroatoms. The van der Waals surface area contributed by atoms with Crippen molar-refractivity contribution in [2.45, 2.75) is 13.3 Å². The van der Waals surface area contributed by atoms with Gasteiger partial charge in [-0.05, 0) is 18.4 Å². The van der Waals surface area contributed by atoms with Gasteiger partial charge >= 0.3 is 11.7 Å². The molecule has 1 N–H and O–H groups in total. The molecule has 0 bridgehead atoms. The smallest absolute Gasteiger partial charge is 0.311 e. The molecule has 114 valence electrons. The van der Waals surface area contributed by atoms with Gasteiger partial charge in [0.15, 0.2) is 5.75 Å². The van der Waals surface area contributed by atoms with Crippen molar-refractivity contribution < 1.29 is 19.6 Å². The standard InChI is InChI=1S/C14H18N2O5/c1-9-5-10(14(17)18)8-15(7-9)11-3-4-12(16(19)20)13(6-11)21-2/h3-4,6,9-10H,5,7-8H2,1-2H3,(H,17,18). The van der Waals surface area contributed by atoms with Crippen molar-refractivity contribution >= 4 is 17.3 Å². The van der Waals surface area contributed by atoms with Crippen LogP contribution < -0.4 is 9.64 Å². The zero-order chi connectivity index (χ0) is 15.6. The second-order valence-corrected chi connectivity index (χ2v) is 5.39. The van der Waals surface area contributed by atoms with Gasteiger partial charge in [-0.2, -0.15) is 0 Å². The van der Waals surface area contributed by atoms with Gasteiger partial charge in [0.1, 0.15) is 0 Å². The Morgan fingerprint density at radius 1 is 1.48 bits per heavy atom. The Morgan fingerprint density at radius 2 is 2.19 bits per heavy atom. The van der Waals surface area contributed by atoms with Crippen LogP contribution in [0.3, 0.4) is 0 Å². The zero-order valence-electron chi connectivity index (χ0n) is 12.0. The number of carboxylic acids is 1. The van der Waals surface area contributed by atoms with E-state index in [0.29, 0.717) is 13.0 Å². The number of nitro groups is 1. The van der Waals surface area contributed by atoms with Crippen LogP contribution in [0.5, 0.6) is 5.75 Å². The molecular weight excluding hydrogens is 276 g/mol. The lowest BCUT2D eigenvalue weighted by Crippen LogP contribution is -2.42. The number of nitro benzene ring substituents is 1. The van der Waals surface area contributed by atoms with Crippen molar-refractivity contribution in [3.05, 3.63) is 28.3 Å². The van der Waals surface area contributed by atoms with Crippen LogP contribution in [0.4, 0.5) is 11.4 Å². The molecule has 0 aliphatic carbocycles. The molecule has 2 atom stereocenters. The molecule has 1 aromatic carbocycles. The number of hydrogen-bond donors (Lipinski definition) is 1. The van der Waals surface area contributed by atoms with Crippen LogP contribution in [-0.2, 0) is 4.79 Å². The lowest BCUT2D eigenvalue weighted by molar-refractivity contribution is -0.385. The number of carboxylic acid groups (broad SMARTS) is 1. The van der Waals surface area contributed by atoms with Gasteiger partial charge in [-0.3, -0.25) is 14.9 Å². The third-order valence-electron chi connectivity index (χ3n) is 3.73. The average molecular weight is 294 g/mol. The first-order chi connectivity index (χ1) is 9.92. The summed E-state index contributed by atoms with van der Waals surface area (Å²) in [5.41, 5.74) is 0.649. The van der Waals surface area contributed by atoms with Crippen LogP contribution in [0.1, 0.15) is 13.3 Å². The Balaban J connectivity index is 2.28. The third kappa shape index (κ3) is 3.24. The maximum atomic E-state index is 11.2. The lowest BCUT2D eigenvalue weighted by atomic mass is 9.90. The van der Waals surface area contributed by atoms with Crippen LogP contribution in [0.2, 0.25) is 0 Å². The highest BCUT2D eigenvalue weighted by molar-refractivity contribution is 5.71. The molecule has 1 aromatic rings. The zero-order valence-corrected chi connectivity index (χ0v) is 12.0. The van der Waals surface area contributed by atoms with E-state index in [-0.39, 0.29) is 17.4 Å². The number of rotatable bonds is 4. The molecule has 1 fully saturated rings. The number of benzene rings is 1. The number of nitrogens with zero attached hydrogens (tertiary/aromatic N) is 2. The second kappa shape index (κ2) is 5.99. The molecule has 21 heavy (non-hydrogen) atoms. The average Bonchev–Trinajstić information content (AvgIpc) is 2.45. The minimum Gasteiger partial charge on any atom is -0.490 e. The van der Waals surface area contributed by atoms with Crippen molar-refractivity contribution in [2.75, 3.05) is 25.1 Å². The molecule has 2 unspecified atom stereocenters. The predicted molar refractivity (Wildman–Crippen MR) is 76.8 cm³/mol. The molecule has 1 heterocycles. The van der Waals surface area contributed by atoms with Crippen LogP contribution in [0.25, 0.3) is 0 Å². The SMILES string of the molecule is COc1cc(N2CC(C)CC(C(=O)O)C2)ccc1[N+](=O)[O-]. The Kier molecular flexibility index (Phi) is 4.30. The van der Waals surface area contributed by atoms with E-state index in [1.54, 1.807) is 12.1 Å². The van der Waals surface area contributed by atoms with E-state index in [1.165, 1.54) is 13.2 Å². The van der Waals surface area contributed by atoms with Crippen molar-refractivity contribution in [1.82, 2.24) is 0 Å². The van der Waals surface area contributed by atoms with Crippen molar-refractivity contribution in [3.8, 4) is 5.75 Å². The number of aliphatic carboxylic acids is 1. The van der Waals surface area contributed by atoms with Gasteiger partial charge < -0.3 is 14.7 Å². The summed E-state index contributed by atoms with van der Waals surface area (Å²) in [4.78, 5) is 23.5. The number of ether oxygens (including phenoxy) is 1. The highest BCUT2D eigenvalue weighted by Crippen LogP contribution is 2.34. The van der Waals surface area contributed by atoms with Crippen LogP contribution in [0, 0.1) is 22.0 Å². The number of hydrogen-bond acceptors (Lipinski definition) is 5. The molecule has 2 rings (SSSR count). The quantitative estimate of drug-likeness (QED) is 0.675. The minimum absolute atomic E-state index is 0.0962. The number of piperidine rings is 1. The molecular formula is C14H18N2O5. The predicted octanol–water partition coefficient (Wildman–Crippen LogP) is 2.15. The highest BCUT2D eigenvalue weighted by Gasteiger charge is 2.30. The van der Waals surface area contributed by atoms with Gasteiger partial charge in [0.2, 0.25) is 0 Å². The molecule has 0 radical (unpaired) electrons. The normalized spacial score (nSPS) is 21.9. The summed E-state index contributed by atoms with van der Waals surface area (Å²) in [7, 11) is 1.38. The topological polar surface area (TPSA) is 92.9 Å². The van der Waals surface area contributed by atoms with Crippen LogP contribution in [-0.4, -0.2) is 36.2 Å². The number of anilines is 1. The van der Waals surface area contributed by atoms with E-state index in [0.717, 1.165) is 12.2 Å². The summed E-state index contributed by atoms with van der Waals surface area (Å²) in [5.74, 6) is -0.793. The summed E-state index contributed by atoms with van der Waals surface area (Å²) in [6, 6.07) is 4.62. The summed E-state index contributed by atoms with van der Waals surface area (Å²) >= 11 is 0. The van der Waals surface area contributed by atoms with Crippen molar-refractivity contribution in [3.63, 3.8) is 0 Å².